The van der Waals surface area contributed by atoms with Crippen LogP contribution in [0, 0.1) is 0 Å². The Bertz CT molecular complexity index is 803. The van der Waals surface area contributed by atoms with E-state index in [4.69, 9.17) is 11.6 Å². The summed E-state index contributed by atoms with van der Waals surface area (Å²) in [5.74, 6) is -0.521. The lowest BCUT2D eigenvalue weighted by Gasteiger charge is -2.23. The van der Waals surface area contributed by atoms with E-state index in [9.17, 15) is 13.2 Å². The lowest BCUT2D eigenvalue weighted by Crippen LogP contribution is -2.30. The molecule has 0 saturated carbocycles. The number of anilines is 1. The van der Waals surface area contributed by atoms with Crippen LogP contribution in [0.1, 0.15) is 17.3 Å². The van der Waals surface area contributed by atoms with Gasteiger partial charge < -0.3 is 4.74 Å². The van der Waals surface area contributed by atoms with Crippen molar-refractivity contribution >= 4 is 33.3 Å². The van der Waals surface area contributed by atoms with Gasteiger partial charge in [0.05, 0.1) is 23.3 Å². The van der Waals surface area contributed by atoms with Crippen molar-refractivity contribution in [1.82, 2.24) is 0 Å². The van der Waals surface area contributed by atoms with Gasteiger partial charge in [0.1, 0.15) is 0 Å². The van der Waals surface area contributed by atoms with E-state index in [-0.39, 0.29) is 17.0 Å². The summed E-state index contributed by atoms with van der Waals surface area (Å²) in [5, 5.41) is 0.458. The number of rotatable bonds is 5. The van der Waals surface area contributed by atoms with Crippen LogP contribution >= 0.6 is 11.6 Å². The van der Waals surface area contributed by atoms with Gasteiger partial charge in [0, 0.05) is 11.6 Å². The van der Waals surface area contributed by atoms with E-state index in [0.717, 1.165) is 0 Å². The molecule has 2 aromatic carbocycles. The quantitative estimate of drug-likeness (QED) is 0.773. The average Bonchev–Trinajstić information content (AvgIpc) is 2.55. The van der Waals surface area contributed by atoms with Crippen LogP contribution in [0.3, 0.4) is 0 Å². The van der Waals surface area contributed by atoms with Crippen molar-refractivity contribution in [3.63, 3.8) is 0 Å². The van der Waals surface area contributed by atoms with E-state index < -0.39 is 16.0 Å². The van der Waals surface area contributed by atoms with E-state index in [2.05, 4.69) is 4.74 Å². The maximum atomic E-state index is 12.8. The first kappa shape index (κ1) is 17.3. The standard InChI is InChI=1S/C16H16ClNO4S/c1-3-18(14-6-4-5-12(11-14)16(19)22-2)23(20,21)15-9-7-13(17)8-10-15/h4-11H,3H2,1-2H3. The predicted molar refractivity (Wildman–Crippen MR) is 89.4 cm³/mol. The monoisotopic (exact) mass is 353 g/mol. The predicted octanol–water partition coefficient (Wildman–Crippen LogP) is 3.34. The Balaban J connectivity index is 2.46. The van der Waals surface area contributed by atoms with E-state index in [1.165, 1.54) is 41.7 Å². The van der Waals surface area contributed by atoms with Crippen molar-refractivity contribution in [3.8, 4) is 0 Å². The highest BCUT2D eigenvalue weighted by molar-refractivity contribution is 7.92. The van der Waals surface area contributed by atoms with Crippen LogP contribution in [0.15, 0.2) is 53.4 Å². The first-order valence-corrected chi connectivity index (χ1v) is 8.68. The third kappa shape index (κ3) is 3.65. The summed E-state index contributed by atoms with van der Waals surface area (Å²) < 4.78 is 31.5. The van der Waals surface area contributed by atoms with Crippen molar-refractivity contribution in [2.45, 2.75) is 11.8 Å². The molecule has 122 valence electrons. The average molecular weight is 354 g/mol. The smallest absolute Gasteiger partial charge is 0.337 e. The van der Waals surface area contributed by atoms with Crippen LogP contribution < -0.4 is 4.31 Å². The number of nitrogens with zero attached hydrogens (tertiary/aromatic N) is 1. The fourth-order valence-corrected chi connectivity index (χ4v) is 3.72. The van der Waals surface area contributed by atoms with E-state index in [0.29, 0.717) is 10.7 Å². The van der Waals surface area contributed by atoms with Crippen LogP contribution in [0.2, 0.25) is 5.02 Å². The number of ether oxygens (including phenoxy) is 1. The normalized spacial score (nSPS) is 11.1. The summed E-state index contributed by atoms with van der Waals surface area (Å²) in [6.45, 7) is 1.94. The van der Waals surface area contributed by atoms with Gasteiger partial charge in [-0.3, -0.25) is 4.31 Å². The van der Waals surface area contributed by atoms with Crippen molar-refractivity contribution in [3.05, 3.63) is 59.1 Å². The SMILES string of the molecule is CCN(c1cccc(C(=O)OC)c1)S(=O)(=O)c1ccc(Cl)cc1. The number of benzene rings is 2. The van der Waals surface area contributed by atoms with Gasteiger partial charge in [-0.2, -0.15) is 0 Å². The van der Waals surface area contributed by atoms with Crippen molar-refractivity contribution in [1.29, 1.82) is 0 Å². The molecule has 0 aliphatic rings. The van der Waals surface area contributed by atoms with Crippen LogP contribution in [0.25, 0.3) is 0 Å². The maximum Gasteiger partial charge on any atom is 0.337 e. The van der Waals surface area contributed by atoms with E-state index >= 15 is 0 Å². The van der Waals surface area contributed by atoms with Crippen molar-refractivity contribution in [2.75, 3.05) is 18.0 Å². The molecule has 0 radical (unpaired) electrons. The number of hydrogen-bond donors (Lipinski definition) is 0. The summed E-state index contributed by atoms with van der Waals surface area (Å²) in [6, 6.07) is 12.2. The van der Waals surface area contributed by atoms with E-state index in [1.807, 2.05) is 0 Å². The van der Waals surface area contributed by atoms with Crippen LogP contribution in [-0.4, -0.2) is 28.0 Å². The highest BCUT2D eigenvalue weighted by atomic mass is 35.5. The number of carbonyl (C=O) groups is 1. The summed E-state index contributed by atoms with van der Waals surface area (Å²) >= 11 is 5.80. The molecular weight excluding hydrogens is 338 g/mol. The lowest BCUT2D eigenvalue weighted by molar-refractivity contribution is 0.0600. The highest BCUT2D eigenvalue weighted by Crippen LogP contribution is 2.25. The Labute approximate surface area is 140 Å². The van der Waals surface area contributed by atoms with Crippen molar-refractivity contribution < 1.29 is 17.9 Å². The zero-order chi connectivity index (χ0) is 17.0. The van der Waals surface area contributed by atoms with Crippen LogP contribution in [0.4, 0.5) is 5.69 Å². The zero-order valence-corrected chi connectivity index (χ0v) is 14.3. The number of sulfonamides is 1. The molecule has 0 fully saturated rings. The molecule has 23 heavy (non-hydrogen) atoms. The Kier molecular flexibility index (Phi) is 5.28. The molecule has 0 spiro atoms. The summed E-state index contributed by atoms with van der Waals surface area (Å²) in [7, 11) is -2.47. The molecule has 0 saturated heterocycles. The van der Waals surface area contributed by atoms with Gasteiger partial charge in [0.2, 0.25) is 0 Å². The number of esters is 1. The van der Waals surface area contributed by atoms with Crippen LogP contribution in [-0.2, 0) is 14.8 Å². The Morgan fingerprint density at radius 1 is 1.17 bits per heavy atom. The number of halogens is 1. The number of carbonyl (C=O) groups excluding carboxylic acids is 1. The van der Waals surface area contributed by atoms with Gasteiger partial charge in [0.25, 0.3) is 10.0 Å². The summed E-state index contributed by atoms with van der Waals surface area (Å²) in [4.78, 5) is 11.8. The second kappa shape index (κ2) is 7.02. The molecule has 0 bridgehead atoms. The molecule has 0 aromatic heterocycles. The van der Waals surface area contributed by atoms with Gasteiger partial charge >= 0.3 is 5.97 Å². The third-order valence-electron chi connectivity index (χ3n) is 3.24. The minimum atomic E-state index is -3.75. The second-order valence-corrected chi connectivity index (χ2v) is 6.96. The largest absolute Gasteiger partial charge is 0.465 e. The topological polar surface area (TPSA) is 63.7 Å². The molecule has 0 aliphatic carbocycles. The summed E-state index contributed by atoms with van der Waals surface area (Å²) in [5.41, 5.74) is 0.681. The Morgan fingerprint density at radius 2 is 1.83 bits per heavy atom. The Morgan fingerprint density at radius 3 is 2.39 bits per heavy atom. The molecule has 0 unspecified atom stereocenters. The zero-order valence-electron chi connectivity index (χ0n) is 12.7. The minimum Gasteiger partial charge on any atom is -0.465 e. The molecule has 0 atom stereocenters. The first-order chi connectivity index (χ1) is 10.9. The first-order valence-electron chi connectivity index (χ1n) is 6.87. The van der Waals surface area contributed by atoms with Crippen LogP contribution in [0.5, 0.6) is 0 Å². The molecular formula is C16H16ClNO4S. The fourth-order valence-electron chi connectivity index (χ4n) is 2.13. The van der Waals surface area contributed by atoms with Crippen molar-refractivity contribution in [2.24, 2.45) is 0 Å². The second-order valence-electron chi connectivity index (χ2n) is 4.67. The maximum absolute atomic E-state index is 12.8. The fraction of sp³-hybridized carbons (Fsp3) is 0.188. The third-order valence-corrected chi connectivity index (χ3v) is 5.41. The highest BCUT2D eigenvalue weighted by Gasteiger charge is 2.24. The Hall–Kier alpha value is -2.05. The van der Waals surface area contributed by atoms with Gasteiger partial charge in [-0.1, -0.05) is 17.7 Å². The molecule has 2 aromatic rings. The number of methoxy groups -OCH3 is 1. The van der Waals surface area contributed by atoms with Gasteiger partial charge in [0.15, 0.2) is 0 Å². The molecule has 0 heterocycles. The molecule has 7 heteroatoms. The molecule has 0 amide bonds. The lowest BCUT2D eigenvalue weighted by atomic mass is 10.2. The number of hydrogen-bond acceptors (Lipinski definition) is 4. The molecule has 5 nitrogen and oxygen atoms in total. The molecule has 2 rings (SSSR count). The molecule has 0 aliphatic heterocycles. The summed E-state index contributed by atoms with van der Waals surface area (Å²) in [6.07, 6.45) is 0. The van der Waals surface area contributed by atoms with E-state index in [1.54, 1.807) is 25.1 Å². The minimum absolute atomic E-state index is 0.132. The van der Waals surface area contributed by atoms with Gasteiger partial charge in [-0.25, -0.2) is 13.2 Å². The molecule has 0 N–H and O–H groups in total. The van der Waals surface area contributed by atoms with Gasteiger partial charge in [-0.05, 0) is 49.4 Å². The van der Waals surface area contributed by atoms with Gasteiger partial charge in [-0.15, -0.1) is 0 Å².